The number of nitro groups is 1. The molecule has 0 unspecified atom stereocenters. The lowest BCUT2D eigenvalue weighted by atomic mass is 10.3. The molecule has 0 spiro atoms. The molecule has 0 aliphatic carbocycles. The molecule has 0 saturated carbocycles. The Balaban J connectivity index is 2.96. The van der Waals surface area contributed by atoms with Crippen molar-refractivity contribution in [2.24, 2.45) is 0 Å². The Morgan fingerprint density at radius 3 is 2.52 bits per heavy atom. The monoisotopic (exact) mass is 316 g/mol. The zero-order valence-electron chi connectivity index (χ0n) is 11.5. The second-order valence-corrected chi connectivity index (χ2v) is 5.77. The number of carbonyl (C=O) groups excluding carboxylic acids is 1. The lowest BCUT2D eigenvalue weighted by Crippen LogP contribution is -2.29. The van der Waals surface area contributed by atoms with Crippen molar-refractivity contribution < 1.29 is 18.1 Å². The number of anilines is 1. The molecule has 0 fully saturated rings. The molecule has 10 heteroatoms. The number of hydrogen-bond donors (Lipinski definition) is 3. The molecule has 116 valence electrons. The number of nitrogens with zero attached hydrogens (tertiary/aromatic N) is 1. The Morgan fingerprint density at radius 1 is 1.33 bits per heavy atom. The number of carbonyl (C=O) groups is 1. The second kappa shape index (κ2) is 6.99. The van der Waals surface area contributed by atoms with E-state index in [1.807, 2.05) is 0 Å². The first-order valence-electron chi connectivity index (χ1n) is 5.98. The van der Waals surface area contributed by atoms with Gasteiger partial charge in [-0.1, -0.05) is 0 Å². The number of rotatable bonds is 7. The van der Waals surface area contributed by atoms with Gasteiger partial charge < -0.3 is 10.6 Å². The molecule has 0 aliphatic rings. The van der Waals surface area contributed by atoms with Crippen LogP contribution in [0.15, 0.2) is 23.1 Å². The summed E-state index contributed by atoms with van der Waals surface area (Å²) in [7, 11) is -0.968. The van der Waals surface area contributed by atoms with Crippen LogP contribution in [0.25, 0.3) is 0 Å². The van der Waals surface area contributed by atoms with Gasteiger partial charge in [0.1, 0.15) is 5.69 Å². The molecule has 1 amide bonds. The maximum absolute atomic E-state index is 12.0. The molecule has 0 radical (unpaired) electrons. The first-order chi connectivity index (χ1) is 9.81. The number of benzene rings is 1. The lowest BCUT2D eigenvalue weighted by Gasteiger charge is -2.08. The summed E-state index contributed by atoms with van der Waals surface area (Å²) < 4.78 is 26.2. The summed E-state index contributed by atoms with van der Waals surface area (Å²) in [6, 6.07) is 3.53. The highest BCUT2D eigenvalue weighted by atomic mass is 32.2. The van der Waals surface area contributed by atoms with Crippen LogP contribution in [-0.4, -0.2) is 39.9 Å². The smallest absolute Gasteiger partial charge is 0.293 e. The van der Waals surface area contributed by atoms with Crippen LogP contribution >= 0.6 is 0 Å². The van der Waals surface area contributed by atoms with Crippen LogP contribution < -0.4 is 15.4 Å². The van der Waals surface area contributed by atoms with E-state index in [0.717, 1.165) is 6.07 Å². The van der Waals surface area contributed by atoms with Crippen molar-refractivity contribution in [3.05, 3.63) is 28.3 Å². The molecule has 3 N–H and O–H groups in total. The SMILES string of the molecule is CNC(=O)CCNS(=O)(=O)c1ccc(NC)c([N+](=O)[O-])c1. The summed E-state index contributed by atoms with van der Waals surface area (Å²) in [6.07, 6.45) is -0.0214. The van der Waals surface area contributed by atoms with Gasteiger partial charge in [0.05, 0.1) is 9.82 Å². The predicted molar refractivity (Wildman–Crippen MR) is 76.5 cm³/mol. The van der Waals surface area contributed by atoms with Gasteiger partial charge in [-0.3, -0.25) is 14.9 Å². The van der Waals surface area contributed by atoms with E-state index in [9.17, 15) is 23.3 Å². The van der Waals surface area contributed by atoms with Gasteiger partial charge in [-0.25, -0.2) is 13.1 Å². The highest BCUT2D eigenvalue weighted by Gasteiger charge is 2.20. The minimum absolute atomic E-state index is 0.0214. The molecule has 0 bridgehead atoms. The summed E-state index contributed by atoms with van der Waals surface area (Å²) in [6.45, 7) is -0.0937. The normalized spacial score (nSPS) is 11.0. The highest BCUT2D eigenvalue weighted by molar-refractivity contribution is 7.89. The van der Waals surface area contributed by atoms with Crippen LogP contribution in [0.5, 0.6) is 0 Å². The number of amides is 1. The first-order valence-corrected chi connectivity index (χ1v) is 7.46. The van der Waals surface area contributed by atoms with Crippen LogP contribution in [0.4, 0.5) is 11.4 Å². The number of nitro benzene ring substituents is 1. The van der Waals surface area contributed by atoms with Gasteiger partial charge in [-0.05, 0) is 12.1 Å². The van der Waals surface area contributed by atoms with E-state index in [4.69, 9.17) is 0 Å². The minimum atomic E-state index is -3.91. The Morgan fingerprint density at radius 2 is 2.00 bits per heavy atom. The van der Waals surface area contributed by atoms with Crippen LogP contribution in [-0.2, 0) is 14.8 Å². The van der Waals surface area contributed by atoms with Gasteiger partial charge in [0, 0.05) is 33.1 Å². The van der Waals surface area contributed by atoms with E-state index in [0.29, 0.717) is 0 Å². The summed E-state index contributed by atoms with van der Waals surface area (Å²) in [5, 5.41) is 15.9. The summed E-state index contributed by atoms with van der Waals surface area (Å²) >= 11 is 0. The van der Waals surface area contributed by atoms with E-state index < -0.39 is 14.9 Å². The van der Waals surface area contributed by atoms with Crippen molar-refractivity contribution in [2.75, 3.05) is 26.0 Å². The van der Waals surface area contributed by atoms with Gasteiger partial charge in [0.2, 0.25) is 15.9 Å². The van der Waals surface area contributed by atoms with Crippen LogP contribution in [0.2, 0.25) is 0 Å². The molecule has 21 heavy (non-hydrogen) atoms. The largest absolute Gasteiger partial charge is 0.383 e. The Labute approximate surface area is 121 Å². The van der Waals surface area contributed by atoms with Gasteiger partial charge in [0.25, 0.3) is 5.69 Å². The molecular formula is C11H16N4O5S. The van der Waals surface area contributed by atoms with Crippen molar-refractivity contribution in [1.29, 1.82) is 0 Å². The molecular weight excluding hydrogens is 300 g/mol. The van der Waals surface area contributed by atoms with Crippen molar-refractivity contribution in [3.63, 3.8) is 0 Å². The van der Waals surface area contributed by atoms with E-state index >= 15 is 0 Å². The van der Waals surface area contributed by atoms with Crippen LogP contribution in [0, 0.1) is 10.1 Å². The maximum Gasteiger partial charge on any atom is 0.293 e. The zero-order chi connectivity index (χ0) is 16.0. The Hall–Kier alpha value is -2.20. The Bertz CT molecular complexity index is 644. The maximum atomic E-state index is 12.0. The average Bonchev–Trinajstić information content (AvgIpc) is 2.45. The second-order valence-electron chi connectivity index (χ2n) is 4.01. The molecule has 9 nitrogen and oxygen atoms in total. The fraction of sp³-hybridized carbons (Fsp3) is 0.364. The zero-order valence-corrected chi connectivity index (χ0v) is 12.4. The van der Waals surface area contributed by atoms with E-state index in [-0.39, 0.29) is 35.1 Å². The van der Waals surface area contributed by atoms with Crippen molar-refractivity contribution in [1.82, 2.24) is 10.0 Å². The fourth-order valence-corrected chi connectivity index (χ4v) is 2.60. The molecule has 0 heterocycles. The third-order valence-corrected chi connectivity index (χ3v) is 4.13. The van der Waals surface area contributed by atoms with Crippen molar-refractivity contribution >= 4 is 27.3 Å². The molecule has 1 rings (SSSR count). The standard InChI is InChI=1S/C11H16N4O5S/c1-12-9-4-3-8(7-10(9)15(17)18)21(19,20)14-6-5-11(16)13-2/h3-4,7,12,14H,5-6H2,1-2H3,(H,13,16). The third kappa shape index (κ3) is 4.39. The van der Waals surface area contributed by atoms with E-state index in [1.165, 1.54) is 26.2 Å². The average molecular weight is 316 g/mol. The summed E-state index contributed by atoms with van der Waals surface area (Å²) in [4.78, 5) is 21.0. The number of nitrogens with one attached hydrogen (secondary N) is 3. The molecule has 0 atom stereocenters. The molecule has 0 aromatic heterocycles. The van der Waals surface area contributed by atoms with Gasteiger partial charge >= 0.3 is 0 Å². The van der Waals surface area contributed by atoms with Gasteiger partial charge in [0.15, 0.2) is 0 Å². The highest BCUT2D eigenvalue weighted by Crippen LogP contribution is 2.26. The number of hydrogen-bond acceptors (Lipinski definition) is 6. The molecule has 1 aromatic rings. The van der Waals surface area contributed by atoms with E-state index in [2.05, 4.69) is 15.4 Å². The topological polar surface area (TPSA) is 130 Å². The third-order valence-electron chi connectivity index (χ3n) is 2.67. The van der Waals surface area contributed by atoms with E-state index in [1.54, 1.807) is 0 Å². The summed E-state index contributed by atoms with van der Waals surface area (Å²) in [5.41, 5.74) is -0.129. The molecule has 0 aliphatic heterocycles. The summed E-state index contributed by atoms with van der Waals surface area (Å²) in [5.74, 6) is -0.311. The first kappa shape index (κ1) is 16.9. The predicted octanol–water partition coefficient (Wildman–Crippen LogP) is 0.0509. The molecule has 0 saturated heterocycles. The minimum Gasteiger partial charge on any atom is -0.383 e. The quantitative estimate of drug-likeness (QED) is 0.481. The van der Waals surface area contributed by atoms with Gasteiger partial charge in [-0.15, -0.1) is 0 Å². The van der Waals surface area contributed by atoms with Crippen LogP contribution in [0.3, 0.4) is 0 Å². The fourth-order valence-electron chi connectivity index (χ4n) is 1.55. The lowest BCUT2D eigenvalue weighted by molar-refractivity contribution is -0.384. The van der Waals surface area contributed by atoms with Crippen LogP contribution in [0.1, 0.15) is 6.42 Å². The van der Waals surface area contributed by atoms with Crippen molar-refractivity contribution in [3.8, 4) is 0 Å². The number of sulfonamides is 1. The Kier molecular flexibility index (Phi) is 5.61. The molecule has 1 aromatic carbocycles. The van der Waals surface area contributed by atoms with Gasteiger partial charge in [-0.2, -0.15) is 0 Å². The van der Waals surface area contributed by atoms with Crippen molar-refractivity contribution in [2.45, 2.75) is 11.3 Å².